The second kappa shape index (κ2) is 5.96. The molecule has 0 saturated heterocycles. The molecule has 0 bridgehead atoms. The van der Waals surface area contributed by atoms with Crippen molar-refractivity contribution in [2.75, 3.05) is 12.0 Å². The van der Waals surface area contributed by atoms with Crippen LogP contribution in [0.2, 0.25) is 0 Å². The molecule has 1 aromatic heterocycles. The van der Waals surface area contributed by atoms with Crippen molar-refractivity contribution in [2.45, 2.75) is 17.5 Å². The minimum absolute atomic E-state index is 0.156. The van der Waals surface area contributed by atoms with Crippen molar-refractivity contribution in [3.8, 4) is 17.1 Å². The first-order valence-corrected chi connectivity index (χ1v) is 8.40. The molecule has 23 heavy (non-hydrogen) atoms. The molecular formula is C17H16N4OS. The lowest BCUT2D eigenvalue weighted by atomic mass is 10.2. The molecule has 1 aliphatic rings. The molecule has 116 valence electrons. The van der Waals surface area contributed by atoms with Gasteiger partial charge in [0.15, 0.2) is 5.82 Å². The van der Waals surface area contributed by atoms with Gasteiger partial charge in [0.1, 0.15) is 11.1 Å². The van der Waals surface area contributed by atoms with E-state index in [4.69, 9.17) is 4.74 Å². The van der Waals surface area contributed by atoms with Crippen LogP contribution < -0.4 is 10.2 Å². The van der Waals surface area contributed by atoms with Gasteiger partial charge >= 0.3 is 0 Å². The Balaban J connectivity index is 1.60. The van der Waals surface area contributed by atoms with Crippen molar-refractivity contribution in [3.05, 3.63) is 60.2 Å². The van der Waals surface area contributed by atoms with Gasteiger partial charge in [0.2, 0.25) is 5.16 Å². The number of rotatable bonds is 4. The Morgan fingerprint density at radius 1 is 1.09 bits per heavy atom. The van der Waals surface area contributed by atoms with Crippen LogP contribution in [-0.2, 0) is 0 Å². The second-order valence-electron chi connectivity index (χ2n) is 5.14. The van der Waals surface area contributed by atoms with E-state index < -0.39 is 0 Å². The van der Waals surface area contributed by atoms with Crippen LogP contribution in [0.1, 0.15) is 17.9 Å². The molecule has 1 atom stereocenters. The van der Waals surface area contributed by atoms with Gasteiger partial charge in [-0.3, -0.25) is 0 Å². The fourth-order valence-electron chi connectivity index (χ4n) is 2.54. The van der Waals surface area contributed by atoms with E-state index in [-0.39, 0.29) is 5.37 Å². The fraction of sp³-hybridized carbons (Fsp3) is 0.176. The van der Waals surface area contributed by atoms with Gasteiger partial charge < -0.3 is 10.2 Å². The van der Waals surface area contributed by atoms with Gasteiger partial charge in [-0.1, -0.05) is 42.1 Å². The normalized spacial score (nSPS) is 16.0. The lowest BCUT2D eigenvalue weighted by molar-refractivity contribution is 0.340. The van der Waals surface area contributed by atoms with Crippen molar-refractivity contribution in [1.29, 1.82) is 0 Å². The third kappa shape index (κ3) is 2.66. The molecule has 2 aromatic carbocycles. The summed E-state index contributed by atoms with van der Waals surface area (Å²) in [5.41, 5.74) is 5.69. The largest absolute Gasteiger partial charge is 0.494 e. The Hall–Kier alpha value is -2.47. The van der Waals surface area contributed by atoms with Crippen LogP contribution in [0.3, 0.4) is 0 Å². The second-order valence-corrected chi connectivity index (χ2v) is 6.21. The third-order valence-electron chi connectivity index (χ3n) is 3.63. The molecular weight excluding hydrogens is 308 g/mol. The quantitative estimate of drug-likeness (QED) is 0.793. The van der Waals surface area contributed by atoms with Crippen LogP contribution in [0, 0.1) is 0 Å². The van der Waals surface area contributed by atoms with E-state index in [1.807, 2.05) is 54.1 Å². The number of aromatic nitrogens is 3. The summed E-state index contributed by atoms with van der Waals surface area (Å²) in [6, 6.07) is 18.3. The molecule has 0 spiro atoms. The minimum Gasteiger partial charge on any atom is -0.494 e. The third-order valence-corrected chi connectivity index (χ3v) is 4.72. The number of benzene rings is 2. The standard InChI is InChI=1S/C17H16N4OS/c1-2-22-14-10-8-12(9-11-14)15-18-19-17-21(15)20-16(23-17)13-6-4-3-5-7-13/h3-11,16,20H,2H2,1H3/t16-/m1/s1. The summed E-state index contributed by atoms with van der Waals surface area (Å²) in [5, 5.41) is 9.62. The predicted molar refractivity (Wildman–Crippen MR) is 91.0 cm³/mol. The molecule has 0 amide bonds. The number of ether oxygens (including phenoxy) is 1. The zero-order chi connectivity index (χ0) is 15.6. The van der Waals surface area contributed by atoms with E-state index in [0.29, 0.717) is 6.61 Å². The number of nitrogens with zero attached hydrogens (tertiary/aromatic N) is 3. The first kappa shape index (κ1) is 14.1. The minimum atomic E-state index is 0.156. The lowest BCUT2D eigenvalue weighted by Gasteiger charge is -2.12. The summed E-state index contributed by atoms with van der Waals surface area (Å²) in [5.74, 6) is 1.68. The summed E-state index contributed by atoms with van der Waals surface area (Å²) in [4.78, 5) is 0. The van der Waals surface area contributed by atoms with Crippen molar-refractivity contribution in [1.82, 2.24) is 14.9 Å². The SMILES string of the molecule is CCOc1ccc(-c2nnc3n2N[C@@H](c2ccccc2)S3)cc1. The number of thioether (sulfide) groups is 1. The summed E-state index contributed by atoms with van der Waals surface area (Å²) in [7, 11) is 0. The van der Waals surface area contributed by atoms with Gasteiger partial charge in [-0.25, -0.2) is 4.68 Å². The van der Waals surface area contributed by atoms with Gasteiger partial charge in [-0.05, 0) is 36.8 Å². The Morgan fingerprint density at radius 3 is 2.61 bits per heavy atom. The lowest BCUT2D eigenvalue weighted by Crippen LogP contribution is -2.13. The Kier molecular flexibility index (Phi) is 3.67. The Bertz CT molecular complexity index is 801. The maximum atomic E-state index is 5.48. The van der Waals surface area contributed by atoms with Gasteiger partial charge in [-0.15, -0.1) is 10.2 Å². The van der Waals surface area contributed by atoms with E-state index in [1.54, 1.807) is 11.8 Å². The number of fused-ring (bicyclic) bond motifs is 1. The monoisotopic (exact) mass is 324 g/mol. The maximum Gasteiger partial charge on any atom is 0.212 e. The van der Waals surface area contributed by atoms with Gasteiger partial charge in [0.25, 0.3) is 0 Å². The highest BCUT2D eigenvalue weighted by atomic mass is 32.2. The average Bonchev–Trinajstić information content (AvgIpc) is 3.17. The van der Waals surface area contributed by atoms with Gasteiger partial charge in [0.05, 0.1) is 6.61 Å². The highest BCUT2D eigenvalue weighted by Crippen LogP contribution is 2.40. The zero-order valence-corrected chi connectivity index (χ0v) is 13.5. The summed E-state index contributed by atoms with van der Waals surface area (Å²) < 4.78 is 7.44. The van der Waals surface area contributed by atoms with Crippen LogP contribution in [0.15, 0.2) is 59.8 Å². The smallest absolute Gasteiger partial charge is 0.212 e. The molecule has 6 heteroatoms. The van der Waals surface area contributed by atoms with Crippen LogP contribution in [0.25, 0.3) is 11.4 Å². The molecule has 0 unspecified atom stereocenters. The van der Waals surface area contributed by atoms with Crippen molar-refractivity contribution < 1.29 is 4.74 Å². The summed E-state index contributed by atoms with van der Waals surface area (Å²) in [6.07, 6.45) is 0. The molecule has 5 nitrogen and oxygen atoms in total. The first-order chi connectivity index (χ1) is 11.3. The van der Waals surface area contributed by atoms with E-state index in [2.05, 4.69) is 27.8 Å². The topological polar surface area (TPSA) is 52.0 Å². The van der Waals surface area contributed by atoms with E-state index in [1.165, 1.54) is 5.56 Å². The number of nitrogens with one attached hydrogen (secondary N) is 1. The molecule has 1 N–H and O–H groups in total. The Morgan fingerprint density at radius 2 is 1.87 bits per heavy atom. The van der Waals surface area contributed by atoms with E-state index in [9.17, 15) is 0 Å². The predicted octanol–water partition coefficient (Wildman–Crippen LogP) is 3.69. The molecule has 0 aliphatic carbocycles. The maximum absolute atomic E-state index is 5.48. The molecule has 2 heterocycles. The van der Waals surface area contributed by atoms with E-state index in [0.717, 1.165) is 22.3 Å². The number of hydrogen-bond acceptors (Lipinski definition) is 5. The van der Waals surface area contributed by atoms with Gasteiger partial charge in [0, 0.05) is 5.56 Å². The number of hydrogen-bond donors (Lipinski definition) is 1. The van der Waals surface area contributed by atoms with Gasteiger partial charge in [-0.2, -0.15) is 0 Å². The molecule has 0 saturated carbocycles. The molecule has 4 rings (SSSR count). The summed E-state index contributed by atoms with van der Waals surface area (Å²) >= 11 is 1.67. The van der Waals surface area contributed by atoms with Crippen molar-refractivity contribution in [3.63, 3.8) is 0 Å². The zero-order valence-electron chi connectivity index (χ0n) is 12.6. The van der Waals surface area contributed by atoms with Crippen LogP contribution in [0.4, 0.5) is 0 Å². The molecule has 0 radical (unpaired) electrons. The first-order valence-electron chi connectivity index (χ1n) is 7.52. The Labute approximate surface area is 138 Å². The highest BCUT2D eigenvalue weighted by Gasteiger charge is 2.27. The van der Waals surface area contributed by atoms with Crippen LogP contribution in [0.5, 0.6) is 5.75 Å². The fourth-order valence-corrected chi connectivity index (χ4v) is 3.53. The van der Waals surface area contributed by atoms with Crippen LogP contribution >= 0.6 is 11.8 Å². The van der Waals surface area contributed by atoms with E-state index >= 15 is 0 Å². The average molecular weight is 324 g/mol. The molecule has 1 aliphatic heterocycles. The van der Waals surface area contributed by atoms with Crippen molar-refractivity contribution in [2.24, 2.45) is 0 Å². The van der Waals surface area contributed by atoms with Crippen molar-refractivity contribution >= 4 is 11.8 Å². The summed E-state index contributed by atoms with van der Waals surface area (Å²) in [6.45, 7) is 2.64. The molecule has 0 fully saturated rings. The highest BCUT2D eigenvalue weighted by molar-refractivity contribution is 7.99. The molecule has 3 aromatic rings. The van der Waals surface area contributed by atoms with Crippen LogP contribution in [-0.4, -0.2) is 21.5 Å².